The van der Waals surface area contributed by atoms with E-state index in [0.29, 0.717) is 6.04 Å². The minimum atomic E-state index is -0.0926. The van der Waals surface area contributed by atoms with Gasteiger partial charge in [-0.05, 0) is 6.92 Å². The number of hydrogen-bond donors (Lipinski definition) is 2. The molecule has 0 aliphatic heterocycles. The fourth-order valence-corrected chi connectivity index (χ4v) is 0.792. The Labute approximate surface area is 62.2 Å². The van der Waals surface area contributed by atoms with Crippen molar-refractivity contribution in [1.82, 2.24) is 10.6 Å². The number of hydrogen-bond acceptors (Lipinski definition) is 2. The van der Waals surface area contributed by atoms with Crippen LogP contribution in [0.1, 0.15) is 20.8 Å². The minimum Gasteiger partial charge on any atom is -0.358 e. The van der Waals surface area contributed by atoms with E-state index in [1.165, 1.54) is 0 Å². The maximum absolute atomic E-state index is 10.9. The van der Waals surface area contributed by atoms with Gasteiger partial charge in [0.05, 0.1) is 6.04 Å². The van der Waals surface area contributed by atoms with E-state index in [4.69, 9.17) is 0 Å². The molecule has 0 aromatic rings. The Morgan fingerprint density at radius 2 is 1.80 bits per heavy atom. The minimum absolute atomic E-state index is 0.0358. The van der Waals surface area contributed by atoms with Gasteiger partial charge < -0.3 is 10.6 Å². The summed E-state index contributed by atoms with van der Waals surface area (Å²) in [7, 11) is 1.64. The maximum Gasteiger partial charge on any atom is 0.236 e. The lowest BCUT2D eigenvalue weighted by Crippen LogP contribution is -2.43. The molecule has 0 heterocycles. The van der Waals surface area contributed by atoms with Crippen LogP contribution in [0.25, 0.3) is 0 Å². The van der Waals surface area contributed by atoms with Crippen molar-refractivity contribution in [2.75, 3.05) is 7.05 Å². The fourth-order valence-electron chi connectivity index (χ4n) is 0.792. The molecule has 1 atom stereocenters. The number of carbonyl (C=O) groups excluding carboxylic acids is 1. The van der Waals surface area contributed by atoms with Gasteiger partial charge in [0.2, 0.25) is 5.91 Å². The first kappa shape index (κ1) is 9.43. The van der Waals surface area contributed by atoms with Crippen molar-refractivity contribution in [3.05, 3.63) is 0 Å². The van der Waals surface area contributed by atoms with Gasteiger partial charge in [0.25, 0.3) is 0 Å². The number of amides is 1. The van der Waals surface area contributed by atoms with Crippen LogP contribution in [0, 0.1) is 0 Å². The van der Waals surface area contributed by atoms with Crippen molar-refractivity contribution in [2.24, 2.45) is 0 Å². The molecule has 0 saturated heterocycles. The van der Waals surface area contributed by atoms with E-state index in [0.717, 1.165) is 0 Å². The molecule has 10 heavy (non-hydrogen) atoms. The summed E-state index contributed by atoms with van der Waals surface area (Å²) in [5.74, 6) is 0.0358. The second-order valence-corrected chi connectivity index (χ2v) is 2.66. The van der Waals surface area contributed by atoms with Gasteiger partial charge >= 0.3 is 0 Å². The van der Waals surface area contributed by atoms with Crippen LogP contribution >= 0.6 is 0 Å². The van der Waals surface area contributed by atoms with Gasteiger partial charge in [0.15, 0.2) is 0 Å². The van der Waals surface area contributed by atoms with Gasteiger partial charge in [0, 0.05) is 13.1 Å². The number of likely N-dealkylation sites (N-methyl/N-ethyl adjacent to an activating group) is 1. The first-order valence-corrected chi connectivity index (χ1v) is 3.55. The highest BCUT2D eigenvalue weighted by molar-refractivity contribution is 5.80. The van der Waals surface area contributed by atoms with Crippen LogP contribution in [-0.4, -0.2) is 25.0 Å². The predicted molar refractivity (Wildman–Crippen MR) is 41.8 cm³/mol. The Bertz CT molecular complexity index is 112. The first-order valence-electron chi connectivity index (χ1n) is 3.55. The summed E-state index contributed by atoms with van der Waals surface area (Å²) < 4.78 is 0. The molecule has 1 amide bonds. The lowest BCUT2D eigenvalue weighted by molar-refractivity contribution is -0.122. The molecule has 0 fully saturated rings. The van der Waals surface area contributed by atoms with E-state index in [-0.39, 0.29) is 11.9 Å². The van der Waals surface area contributed by atoms with Crippen molar-refractivity contribution in [1.29, 1.82) is 0 Å². The SMILES string of the molecule is CNC(=O)[C@H](C)NC(C)C. The van der Waals surface area contributed by atoms with Crippen molar-refractivity contribution in [2.45, 2.75) is 32.9 Å². The molecule has 2 N–H and O–H groups in total. The highest BCUT2D eigenvalue weighted by atomic mass is 16.2. The molecular formula is C7H16N2O. The molecule has 0 rings (SSSR count). The Morgan fingerprint density at radius 3 is 2.10 bits per heavy atom. The fraction of sp³-hybridized carbons (Fsp3) is 0.857. The van der Waals surface area contributed by atoms with Crippen LogP contribution < -0.4 is 10.6 Å². The third-order valence-electron chi connectivity index (χ3n) is 1.22. The smallest absolute Gasteiger partial charge is 0.236 e. The van der Waals surface area contributed by atoms with Crippen molar-refractivity contribution < 1.29 is 4.79 Å². The van der Waals surface area contributed by atoms with Gasteiger partial charge in [-0.3, -0.25) is 4.79 Å². The Balaban J connectivity index is 3.61. The molecule has 0 bridgehead atoms. The lowest BCUT2D eigenvalue weighted by Gasteiger charge is -2.14. The largest absolute Gasteiger partial charge is 0.358 e. The summed E-state index contributed by atoms with van der Waals surface area (Å²) in [6.07, 6.45) is 0. The number of rotatable bonds is 3. The van der Waals surface area contributed by atoms with E-state index >= 15 is 0 Å². The second kappa shape index (κ2) is 4.28. The highest BCUT2D eigenvalue weighted by Gasteiger charge is 2.09. The van der Waals surface area contributed by atoms with Crippen molar-refractivity contribution in [3.8, 4) is 0 Å². The third-order valence-corrected chi connectivity index (χ3v) is 1.22. The van der Waals surface area contributed by atoms with E-state index in [1.807, 2.05) is 20.8 Å². The van der Waals surface area contributed by atoms with Crippen LogP contribution in [-0.2, 0) is 4.79 Å². The average molecular weight is 144 g/mol. The van der Waals surface area contributed by atoms with E-state index in [9.17, 15) is 4.79 Å². The zero-order valence-electron chi connectivity index (χ0n) is 7.06. The summed E-state index contributed by atoms with van der Waals surface area (Å²) in [6, 6.07) is 0.261. The van der Waals surface area contributed by atoms with Crippen LogP contribution in [0.4, 0.5) is 0 Å². The molecule has 0 spiro atoms. The zero-order chi connectivity index (χ0) is 8.15. The Morgan fingerprint density at radius 1 is 1.30 bits per heavy atom. The van der Waals surface area contributed by atoms with Gasteiger partial charge in [-0.1, -0.05) is 13.8 Å². The molecule has 0 radical (unpaired) electrons. The van der Waals surface area contributed by atoms with Crippen LogP contribution in [0.15, 0.2) is 0 Å². The molecular weight excluding hydrogens is 128 g/mol. The van der Waals surface area contributed by atoms with Crippen LogP contribution in [0.3, 0.4) is 0 Å². The molecule has 0 aliphatic carbocycles. The van der Waals surface area contributed by atoms with E-state index in [2.05, 4.69) is 10.6 Å². The zero-order valence-corrected chi connectivity index (χ0v) is 7.06. The quantitative estimate of drug-likeness (QED) is 0.590. The third kappa shape index (κ3) is 3.45. The topological polar surface area (TPSA) is 41.1 Å². The van der Waals surface area contributed by atoms with Gasteiger partial charge in [0.1, 0.15) is 0 Å². The standard InChI is InChI=1S/C7H16N2O/c1-5(2)9-6(3)7(10)8-4/h5-6,9H,1-4H3,(H,8,10)/t6-/m0/s1. The predicted octanol–water partition coefficient (Wildman–Crippen LogP) is 0.119. The Kier molecular flexibility index (Phi) is 4.03. The van der Waals surface area contributed by atoms with Gasteiger partial charge in [-0.15, -0.1) is 0 Å². The van der Waals surface area contributed by atoms with E-state index in [1.54, 1.807) is 7.05 Å². The Hall–Kier alpha value is -0.570. The monoisotopic (exact) mass is 144 g/mol. The lowest BCUT2D eigenvalue weighted by atomic mass is 10.2. The second-order valence-electron chi connectivity index (χ2n) is 2.66. The first-order chi connectivity index (χ1) is 4.57. The summed E-state index contributed by atoms with van der Waals surface area (Å²) in [5.41, 5.74) is 0. The van der Waals surface area contributed by atoms with Gasteiger partial charge in [-0.25, -0.2) is 0 Å². The molecule has 0 unspecified atom stereocenters. The maximum atomic E-state index is 10.9. The normalized spacial score (nSPS) is 13.3. The van der Waals surface area contributed by atoms with Gasteiger partial charge in [-0.2, -0.15) is 0 Å². The van der Waals surface area contributed by atoms with Crippen LogP contribution in [0.5, 0.6) is 0 Å². The molecule has 0 aromatic carbocycles. The molecule has 0 aliphatic rings. The highest BCUT2D eigenvalue weighted by Crippen LogP contribution is 1.84. The van der Waals surface area contributed by atoms with Crippen molar-refractivity contribution >= 4 is 5.91 Å². The number of nitrogens with one attached hydrogen (secondary N) is 2. The average Bonchev–Trinajstić information content (AvgIpc) is 1.85. The molecule has 0 aromatic heterocycles. The molecule has 3 nitrogen and oxygen atoms in total. The summed E-state index contributed by atoms with van der Waals surface area (Å²) in [6.45, 7) is 5.87. The molecule has 60 valence electrons. The van der Waals surface area contributed by atoms with Crippen molar-refractivity contribution in [3.63, 3.8) is 0 Å². The van der Waals surface area contributed by atoms with E-state index < -0.39 is 0 Å². The summed E-state index contributed by atoms with van der Waals surface area (Å²) in [4.78, 5) is 10.9. The molecule has 0 saturated carbocycles. The van der Waals surface area contributed by atoms with Crippen LogP contribution in [0.2, 0.25) is 0 Å². The summed E-state index contributed by atoms with van der Waals surface area (Å²) >= 11 is 0. The number of carbonyl (C=O) groups is 1. The molecule has 3 heteroatoms. The summed E-state index contributed by atoms with van der Waals surface area (Å²) in [5, 5.41) is 5.65.